The van der Waals surface area contributed by atoms with Crippen molar-refractivity contribution in [2.75, 3.05) is 0 Å². The van der Waals surface area contributed by atoms with E-state index < -0.39 is 0 Å². The molecule has 4 nitrogen and oxygen atoms in total. The summed E-state index contributed by atoms with van der Waals surface area (Å²) in [7, 11) is 0. The predicted molar refractivity (Wildman–Crippen MR) is 218 cm³/mol. The lowest BCUT2D eigenvalue weighted by atomic mass is 9.93. The number of benzene rings is 8. The first kappa shape index (κ1) is 29.4. The van der Waals surface area contributed by atoms with E-state index in [0.29, 0.717) is 5.56 Å². The highest BCUT2D eigenvalue weighted by Gasteiger charge is 2.21. The molecular formula is C49H29N3O. The van der Waals surface area contributed by atoms with Crippen LogP contribution in [-0.2, 0) is 0 Å². The van der Waals surface area contributed by atoms with Gasteiger partial charge in [0.15, 0.2) is 0 Å². The molecular weight excluding hydrogens is 647 g/mol. The molecule has 0 aliphatic heterocycles. The molecule has 0 aliphatic carbocycles. The van der Waals surface area contributed by atoms with E-state index >= 15 is 0 Å². The van der Waals surface area contributed by atoms with E-state index in [0.717, 1.165) is 88.4 Å². The second-order valence-electron chi connectivity index (χ2n) is 13.6. The first-order valence-corrected chi connectivity index (χ1v) is 17.8. The van der Waals surface area contributed by atoms with Crippen LogP contribution in [0.2, 0.25) is 0 Å². The molecule has 0 bridgehead atoms. The maximum atomic E-state index is 9.51. The van der Waals surface area contributed by atoms with Crippen molar-refractivity contribution in [2.24, 2.45) is 0 Å². The quantitative estimate of drug-likeness (QED) is 0.186. The van der Waals surface area contributed by atoms with Crippen LogP contribution in [0, 0.1) is 11.3 Å². The van der Waals surface area contributed by atoms with Crippen LogP contribution in [0.15, 0.2) is 180 Å². The Morgan fingerprint density at radius 1 is 0.415 bits per heavy atom. The van der Waals surface area contributed by atoms with Gasteiger partial charge in [0.25, 0.3) is 0 Å². The zero-order valence-corrected chi connectivity index (χ0v) is 28.5. The molecule has 0 saturated heterocycles. The van der Waals surface area contributed by atoms with Crippen LogP contribution in [0.3, 0.4) is 0 Å². The minimum absolute atomic E-state index is 0.645. The summed E-state index contributed by atoms with van der Waals surface area (Å²) in [5.41, 5.74) is 13.4. The molecule has 11 aromatic rings. The van der Waals surface area contributed by atoms with Gasteiger partial charge in [0, 0.05) is 38.3 Å². The molecule has 0 spiro atoms. The molecule has 3 heterocycles. The Morgan fingerprint density at radius 3 is 1.60 bits per heavy atom. The Hall–Kier alpha value is -7.35. The molecule has 3 aromatic heterocycles. The van der Waals surface area contributed by atoms with Gasteiger partial charge in [0.2, 0.25) is 0 Å². The Morgan fingerprint density at radius 2 is 0.943 bits per heavy atom. The Kier molecular flexibility index (Phi) is 6.28. The van der Waals surface area contributed by atoms with E-state index in [1.807, 2.05) is 36.4 Å². The number of aromatic nitrogens is 2. The Bertz CT molecular complexity index is 3240. The van der Waals surface area contributed by atoms with Gasteiger partial charge in [-0.15, -0.1) is 0 Å². The van der Waals surface area contributed by atoms with Crippen molar-refractivity contribution >= 4 is 65.6 Å². The third kappa shape index (κ3) is 4.35. The number of furan rings is 1. The fourth-order valence-corrected chi connectivity index (χ4v) is 8.43. The van der Waals surface area contributed by atoms with Gasteiger partial charge >= 0.3 is 0 Å². The van der Waals surface area contributed by atoms with Gasteiger partial charge < -0.3 is 13.6 Å². The number of rotatable bonds is 4. The molecule has 0 unspecified atom stereocenters. The first-order chi connectivity index (χ1) is 26.2. The largest absolute Gasteiger partial charge is 0.455 e. The van der Waals surface area contributed by atoms with E-state index in [-0.39, 0.29) is 0 Å². The molecule has 0 fully saturated rings. The number of hydrogen-bond acceptors (Lipinski definition) is 2. The van der Waals surface area contributed by atoms with Crippen LogP contribution in [0.25, 0.3) is 99.2 Å². The second-order valence-corrected chi connectivity index (χ2v) is 13.6. The van der Waals surface area contributed by atoms with Gasteiger partial charge in [0.1, 0.15) is 11.2 Å². The average molecular weight is 676 g/mol. The molecule has 0 aliphatic rings. The Labute approximate surface area is 304 Å². The zero-order valence-electron chi connectivity index (χ0n) is 28.5. The Balaban J connectivity index is 1.25. The smallest absolute Gasteiger partial charge is 0.145 e. The van der Waals surface area contributed by atoms with Gasteiger partial charge in [0.05, 0.1) is 39.1 Å². The highest BCUT2D eigenvalue weighted by Crippen LogP contribution is 2.43. The summed E-state index contributed by atoms with van der Waals surface area (Å²) in [5, 5.41) is 16.4. The third-order valence-electron chi connectivity index (χ3n) is 10.7. The SMILES string of the molecule is N#Cc1ccc(-c2ccccc2-c2cc(-n3c4ccccc4c4ccccc43)cc(-n3c4ccccc4c4c5oc6ccccc6c5ccc43)c2)cc1. The zero-order chi connectivity index (χ0) is 35.0. The van der Waals surface area contributed by atoms with Crippen LogP contribution in [0.4, 0.5) is 0 Å². The maximum Gasteiger partial charge on any atom is 0.145 e. The van der Waals surface area contributed by atoms with Gasteiger partial charge in [-0.1, -0.05) is 109 Å². The van der Waals surface area contributed by atoms with Gasteiger partial charge in [-0.3, -0.25) is 0 Å². The molecule has 0 amide bonds. The monoisotopic (exact) mass is 675 g/mol. The molecule has 53 heavy (non-hydrogen) atoms. The van der Waals surface area contributed by atoms with E-state index in [9.17, 15) is 5.26 Å². The molecule has 0 atom stereocenters. The normalized spacial score (nSPS) is 11.8. The highest BCUT2D eigenvalue weighted by atomic mass is 16.3. The lowest BCUT2D eigenvalue weighted by Gasteiger charge is -2.17. The summed E-state index contributed by atoms with van der Waals surface area (Å²) >= 11 is 0. The van der Waals surface area contributed by atoms with Crippen LogP contribution in [0.1, 0.15) is 5.56 Å². The lowest BCUT2D eigenvalue weighted by molar-refractivity contribution is 0.673. The number of fused-ring (bicyclic) bond motifs is 10. The van der Waals surface area contributed by atoms with E-state index in [2.05, 4.69) is 155 Å². The van der Waals surface area contributed by atoms with E-state index in [4.69, 9.17) is 4.42 Å². The van der Waals surface area contributed by atoms with Gasteiger partial charge in [-0.2, -0.15) is 5.26 Å². The molecule has 8 aromatic carbocycles. The second kappa shape index (κ2) is 11.3. The van der Waals surface area contributed by atoms with Crippen LogP contribution >= 0.6 is 0 Å². The summed E-state index contributed by atoms with van der Waals surface area (Å²) in [5.74, 6) is 0. The predicted octanol–water partition coefficient (Wildman–Crippen LogP) is 13.0. The van der Waals surface area contributed by atoms with Crippen molar-refractivity contribution in [3.8, 4) is 39.7 Å². The molecule has 0 N–H and O–H groups in total. The van der Waals surface area contributed by atoms with E-state index in [1.165, 1.54) is 10.8 Å². The van der Waals surface area contributed by atoms with Crippen molar-refractivity contribution in [1.29, 1.82) is 5.26 Å². The number of para-hydroxylation sites is 4. The van der Waals surface area contributed by atoms with Gasteiger partial charge in [-0.05, 0) is 89.0 Å². The standard InChI is InChI=1S/C49H29N3O/c50-30-31-21-23-32(24-22-31)36-11-1-2-12-37(36)33-27-34(51-43-17-7-3-13-38(43)39-14-4-8-18-44(39)51)29-35(28-33)52-45-19-9-5-16-42(45)48-46(52)26-25-41-40-15-6-10-20-47(40)53-49(41)48/h1-29H. The molecule has 0 saturated carbocycles. The summed E-state index contributed by atoms with van der Waals surface area (Å²) in [6.07, 6.45) is 0. The molecule has 4 heteroatoms. The summed E-state index contributed by atoms with van der Waals surface area (Å²) in [6, 6.07) is 64.4. The summed E-state index contributed by atoms with van der Waals surface area (Å²) in [4.78, 5) is 0. The van der Waals surface area contributed by atoms with Crippen LogP contribution < -0.4 is 0 Å². The number of nitriles is 1. The minimum Gasteiger partial charge on any atom is -0.455 e. The number of nitrogens with zero attached hydrogens (tertiary/aromatic N) is 3. The van der Waals surface area contributed by atoms with Crippen molar-refractivity contribution in [2.45, 2.75) is 0 Å². The fourth-order valence-electron chi connectivity index (χ4n) is 8.43. The molecule has 0 radical (unpaired) electrons. The average Bonchev–Trinajstić information content (AvgIpc) is 3.88. The summed E-state index contributed by atoms with van der Waals surface area (Å²) < 4.78 is 11.4. The van der Waals surface area contributed by atoms with Gasteiger partial charge in [-0.25, -0.2) is 0 Å². The van der Waals surface area contributed by atoms with Crippen LogP contribution in [-0.4, -0.2) is 9.13 Å². The third-order valence-corrected chi connectivity index (χ3v) is 10.7. The molecule has 246 valence electrons. The van der Waals surface area contributed by atoms with Crippen molar-refractivity contribution < 1.29 is 4.42 Å². The maximum absolute atomic E-state index is 9.51. The van der Waals surface area contributed by atoms with Crippen molar-refractivity contribution in [3.63, 3.8) is 0 Å². The van der Waals surface area contributed by atoms with Crippen molar-refractivity contribution in [3.05, 3.63) is 181 Å². The van der Waals surface area contributed by atoms with Crippen molar-refractivity contribution in [1.82, 2.24) is 9.13 Å². The number of hydrogen-bond donors (Lipinski definition) is 0. The summed E-state index contributed by atoms with van der Waals surface area (Å²) in [6.45, 7) is 0. The first-order valence-electron chi connectivity index (χ1n) is 17.8. The van der Waals surface area contributed by atoms with E-state index in [1.54, 1.807) is 0 Å². The minimum atomic E-state index is 0.645. The lowest BCUT2D eigenvalue weighted by Crippen LogP contribution is -2.00. The topological polar surface area (TPSA) is 46.8 Å². The highest BCUT2D eigenvalue weighted by molar-refractivity contribution is 6.24. The molecule has 11 rings (SSSR count). The fraction of sp³-hybridized carbons (Fsp3) is 0. The van der Waals surface area contributed by atoms with Crippen LogP contribution in [0.5, 0.6) is 0 Å².